The van der Waals surface area contributed by atoms with Crippen LogP contribution >= 0.6 is 0 Å². The minimum atomic E-state index is -2.38. The molecule has 11 unspecified atom stereocenters. The van der Waals surface area contributed by atoms with Crippen molar-refractivity contribution in [1.82, 2.24) is 0 Å². The van der Waals surface area contributed by atoms with Crippen molar-refractivity contribution < 1.29 is 21.8 Å². The average Bonchev–Trinajstić information content (AvgIpc) is 2.89. The second-order valence-electron chi connectivity index (χ2n) is 17.6. The van der Waals surface area contributed by atoms with E-state index >= 15 is 0 Å². The summed E-state index contributed by atoms with van der Waals surface area (Å²) in [4.78, 5) is 0. The molecule has 272 valence electrons. The monoisotopic (exact) mass is 707 g/mol. The Morgan fingerprint density at radius 3 is 1.31 bits per heavy atom. The van der Waals surface area contributed by atoms with Crippen LogP contribution in [0.4, 0.5) is 0 Å². The highest BCUT2D eigenvalue weighted by Crippen LogP contribution is 2.40. The quantitative estimate of drug-likeness (QED) is 0.0738. The highest BCUT2D eigenvalue weighted by Gasteiger charge is 2.44. The lowest BCUT2D eigenvalue weighted by atomic mass is 9.65. The molecular formula is C36H82O5Si4. The van der Waals surface area contributed by atoms with Gasteiger partial charge < -0.3 is 21.8 Å². The van der Waals surface area contributed by atoms with Gasteiger partial charge >= 0.3 is 17.1 Å². The van der Waals surface area contributed by atoms with Gasteiger partial charge in [0.25, 0.3) is 0 Å². The van der Waals surface area contributed by atoms with E-state index in [1.807, 2.05) is 0 Å². The zero-order chi connectivity index (χ0) is 35.6. The summed E-state index contributed by atoms with van der Waals surface area (Å²) in [6, 6.07) is 0.928. The van der Waals surface area contributed by atoms with Crippen molar-refractivity contribution in [3.8, 4) is 0 Å². The molecule has 0 aliphatic carbocycles. The Morgan fingerprint density at radius 1 is 0.467 bits per heavy atom. The summed E-state index contributed by atoms with van der Waals surface area (Å²) in [5, 5.41) is 0. The predicted molar refractivity (Wildman–Crippen MR) is 207 cm³/mol. The fourth-order valence-electron chi connectivity index (χ4n) is 7.28. The minimum absolute atomic E-state index is 0.211. The molecule has 0 aromatic rings. The molecule has 0 saturated carbocycles. The second kappa shape index (κ2) is 19.8. The zero-order valence-electron chi connectivity index (χ0n) is 34.1. The van der Waals surface area contributed by atoms with Crippen molar-refractivity contribution in [3.05, 3.63) is 0 Å². The first-order chi connectivity index (χ1) is 20.3. The Morgan fingerprint density at radius 2 is 0.889 bits per heavy atom. The van der Waals surface area contributed by atoms with Gasteiger partial charge in [-0.2, -0.15) is 0 Å². The minimum Gasteiger partial charge on any atom is -0.437 e. The van der Waals surface area contributed by atoms with Crippen LogP contribution in [0.3, 0.4) is 0 Å². The first kappa shape index (κ1) is 45.7. The maximum Gasteiger partial charge on any atom is 0.315 e. The lowest BCUT2D eigenvalue weighted by Crippen LogP contribution is -2.56. The summed E-state index contributed by atoms with van der Waals surface area (Å²) in [5.41, 5.74) is 0. The molecule has 0 heterocycles. The fraction of sp³-hybridized carbons (Fsp3) is 1.00. The maximum absolute atomic E-state index is 6.81. The van der Waals surface area contributed by atoms with E-state index in [2.05, 4.69) is 135 Å². The molecule has 0 aliphatic rings. The number of ether oxygens (including phenoxy) is 2. The first-order valence-electron chi connectivity index (χ1n) is 18.6. The van der Waals surface area contributed by atoms with Crippen molar-refractivity contribution in [2.75, 3.05) is 19.8 Å². The summed E-state index contributed by atoms with van der Waals surface area (Å²) in [6.07, 6.45) is 2.42. The van der Waals surface area contributed by atoms with Gasteiger partial charge in [-0.05, 0) is 132 Å². The third-order valence-electron chi connectivity index (χ3n) is 11.2. The molecule has 0 saturated heterocycles. The van der Waals surface area contributed by atoms with Gasteiger partial charge in [-0.25, -0.2) is 0 Å². The summed E-state index contributed by atoms with van der Waals surface area (Å²) < 4.78 is 32.4. The van der Waals surface area contributed by atoms with E-state index in [4.69, 9.17) is 21.8 Å². The molecular weight excluding hydrogens is 625 g/mol. The van der Waals surface area contributed by atoms with Crippen LogP contribution in [0, 0.1) is 53.3 Å². The summed E-state index contributed by atoms with van der Waals surface area (Å²) in [6.45, 7) is 48.8. The second-order valence-corrected chi connectivity index (χ2v) is 34.1. The van der Waals surface area contributed by atoms with Crippen LogP contribution in [0.25, 0.3) is 0 Å². The molecule has 0 aliphatic heterocycles. The molecule has 0 fully saturated rings. The highest BCUT2D eigenvalue weighted by atomic mass is 28.5. The summed E-state index contributed by atoms with van der Waals surface area (Å²) in [7, 11) is -8.09. The van der Waals surface area contributed by atoms with Gasteiger partial charge in [0, 0.05) is 6.61 Å². The van der Waals surface area contributed by atoms with Crippen molar-refractivity contribution >= 4 is 33.8 Å². The van der Waals surface area contributed by atoms with E-state index in [1.54, 1.807) is 0 Å². The third kappa shape index (κ3) is 17.8. The molecule has 5 nitrogen and oxygen atoms in total. The van der Waals surface area contributed by atoms with Crippen molar-refractivity contribution in [3.63, 3.8) is 0 Å². The van der Waals surface area contributed by atoms with Gasteiger partial charge in [-0.15, -0.1) is 0 Å². The Bertz CT molecular complexity index is 801. The smallest absolute Gasteiger partial charge is 0.315 e. The molecule has 0 aromatic heterocycles. The lowest BCUT2D eigenvalue weighted by molar-refractivity contribution is -0.0309. The van der Waals surface area contributed by atoms with Gasteiger partial charge in [0.1, 0.15) is 0 Å². The lowest BCUT2D eigenvalue weighted by Gasteiger charge is -2.41. The van der Waals surface area contributed by atoms with E-state index in [1.165, 1.54) is 6.42 Å². The van der Waals surface area contributed by atoms with Crippen LogP contribution in [0.2, 0.25) is 65.0 Å². The molecule has 0 rings (SSSR count). The predicted octanol–water partition coefficient (Wildman–Crippen LogP) is 11.4. The largest absolute Gasteiger partial charge is 0.437 e. The van der Waals surface area contributed by atoms with E-state index in [0.717, 1.165) is 36.1 Å². The standard InChI is InChI=1S/C36H82O5Si4/c1-21-27(2)28(3)29(4)30(5)31(6)32(7)33(8)34(9)35(10)36(11)38-25-24-37-23-22-26-45(20,40-43(15,16)17)41-44(18,19)39-42(12,13)14/h27-36H,21-26H2,1-20H3. The normalized spacial score (nSPS) is 21.6. The van der Waals surface area contributed by atoms with E-state index in [0.29, 0.717) is 49.4 Å². The molecule has 0 radical (unpaired) electrons. The van der Waals surface area contributed by atoms with Gasteiger partial charge in [-0.3, -0.25) is 0 Å². The van der Waals surface area contributed by atoms with E-state index in [-0.39, 0.29) is 6.10 Å². The molecule has 0 spiro atoms. The molecule has 0 bridgehead atoms. The Kier molecular flexibility index (Phi) is 20.0. The maximum atomic E-state index is 6.81. The first-order valence-corrected chi connectivity index (χ1v) is 30.7. The topological polar surface area (TPSA) is 46.2 Å². The van der Waals surface area contributed by atoms with Crippen molar-refractivity contribution in [2.45, 2.75) is 160 Å². The number of hydrogen-bond donors (Lipinski definition) is 0. The highest BCUT2D eigenvalue weighted by molar-refractivity contribution is 6.89. The SMILES string of the molecule is CCC(C)C(C)C(C)C(C)C(C)C(C)C(C)C(C)C(C)C(C)OCCOCCC[Si](C)(O[Si](C)(C)C)O[Si](C)(C)O[Si](C)(C)C. The molecule has 9 heteroatoms. The molecule has 0 N–H and O–H groups in total. The summed E-state index contributed by atoms with van der Waals surface area (Å²) >= 11 is 0. The van der Waals surface area contributed by atoms with Gasteiger partial charge in [0.15, 0.2) is 16.6 Å². The van der Waals surface area contributed by atoms with Gasteiger partial charge in [0.2, 0.25) is 0 Å². The third-order valence-corrected chi connectivity index (χ3v) is 24.7. The average molecular weight is 707 g/mol. The number of rotatable bonds is 24. The molecule has 0 amide bonds. The van der Waals surface area contributed by atoms with Gasteiger partial charge in [-0.1, -0.05) is 75.7 Å². The van der Waals surface area contributed by atoms with Crippen molar-refractivity contribution in [1.29, 1.82) is 0 Å². The van der Waals surface area contributed by atoms with Crippen LogP contribution in [0.15, 0.2) is 0 Å². The molecule has 11 atom stereocenters. The van der Waals surface area contributed by atoms with Crippen molar-refractivity contribution in [2.24, 2.45) is 53.3 Å². The Labute approximate surface area is 287 Å². The zero-order valence-corrected chi connectivity index (χ0v) is 38.1. The van der Waals surface area contributed by atoms with Crippen LogP contribution < -0.4 is 0 Å². The van der Waals surface area contributed by atoms with Gasteiger partial charge in [0.05, 0.1) is 19.3 Å². The Hall–Kier alpha value is 0.668. The van der Waals surface area contributed by atoms with Crippen LogP contribution in [-0.4, -0.2) is 59.7 Å². The van der Waals surface area contributed by atoms with Crippen LogP contribution in [0.1, 0.15) is 89.0 Å². The fourth-order valence-corrected chi connectivity index (χ4v) is 25.2. The van der Waals surface area contributed by atoms with E-state index < -0.39 is 33.8 Å². The summed E-state index contributed by atoms with van der Waals surface area (Å²) in [5.74, 6) is 6.14. The Balaban J connectivity index is 4.83. The van der Waals surface area contributed by atoms with Crippen LogP contribution in [0.5, 0.6) is 0 Å². The van der Waals surface area contributed by atoms with E-state index in [9.17, 15) is 0 Å². The number of hydrogen-bond acceptors (Lipinski definition) is 5. The molecule has 0 aromatic carbocycles. The van der Waals surface area contributed by atoms with Crippen LogP contribution in [-0.2, 0) is 21.8 Å². The molecule has 45 heavy (non-hydrogen) atoms.